The molecule has 0 radical (unpaired) electrons. The van der Waals surface area contributed by atoms with E-state index in [4.69, 9.17) is 9.72 Å². The molecule has 0 spiro atoms. The van der Waals surface area contributed by atoms with Gasteiger partial charge in [-0.2, -0.15) is 4.98 Å². The second kappa shape index (κ2) is 8.76. The quantitative estimate of drug-likeness (QED) is 0.656. The minimum absolute atomic E-state index is 0.0368. The van der Waals surface area contributed by atoms with E-state index in [0.29, 0.717) is 18.9 Å². The number of nitrogens with one attached hydrogen (secondary N) is 1. The first kappa shape index (κ1) is 20.1. The van der Waals surface area contributed by atoms with Crippen molar-refractivity contribution in [3.8, 4) is 0 Å². The predicted octanol–water partition coefficient (Wildman–Crippen LogP) is 2.77. The molecule has 1 aromatic carbocycles. The molecule has 8 nitrogen and oxygen atoms in total. The lowest BCUT2D eigenvalue weighted by atomic mass is 10.1. The fourth-order valence-electron chi connectivity index (χ4n) is 4.26. The van der Waals surface area contributed by atoms with Crippen LogP contribution in [0.15, 0.2) is 36.7 Å². The predicted molar refractivity (Wildman–Crippen MR) is 122 cm³/mol. The zero-order valence-corrected chi connectivity index (χ0v) is 18.3. The van der Waals surface area contributed by atoms with E-state index in [-0.39, 0.29) is 18.0 Å². The summed E-state index contributed by atoms with van der Waals surface area (Å²) >= 11 is 1.58. The van der Waals surface area contributed by atoms with Crippen molar-refractivity contribution in [2.45, 2.75) is 31.8 Å². The topological polar surface area (TPSA) is 83.5 Å². The van der Waals surface area contributed by atoms with Crippen molar-refractivity contribution in [3.05, 3.63) is 42.2 Å². The van der Waals surface area contributed by atoms with Gasteiger partial charge < -0.3 is 19.9 Å². The van der Waals surface area contributed by atoms with E-state index in [9.17, 15) is 4.79 Å². The standard InChI is InChI=1S/C22H26N6O2S/c1-15(16-6-3-2-4-7-16)25-21(29)17-8-5-9-28(17)22-26-19-18(31-22)20(24-14-23-19)27-10-12-30-13-11-27/h2-4,6-7,14-15,17H,5,8-13H2,1H3,(H,25,29)/t15-,17-/m1/s1. The van der Waals surface area contributed by atoms with E-state index in [1.165, 1.54) is 0 Å². The van der Waals surface area contributed by atoms with Gasteiger partial charge in [-0.25, -0.2) is 9.97 Å². The fraction of sp³-hybridized carbons (Fsp3) is 0.455. The molecule has 1 N–H and O–H groups in total. The van der Waals surface area contributed by atoms with Crippen molar-refractivity contribution < 1.29 is 9.53 Å². The molecule has 0 saturated carbocycles. The van der Waals surface area contributed by atoms with E-state index in [1.54, 1.807) is 17.7 Å². The Hall–Kier alpha value is -2.78. The number of amides is 1. The van der Waals surface area contributed by atoms with Crippen LogP contribution in [0.5, 0.6) is 0 Å². The lowest BCUT2D eigenvalue weighted by Gasteiger charge is -2.27. The Morgan fingerprint density at radius 2 is 2.00 bits per heavy atom. The third kappa shape index (κ3) is 4.07. The molecule has 2 aliphatic rings. The minimum Gasteiger partial charge on any atom is -0.378 e. The van der Waals surface area contributed by atoms with E-state index in [1.807, 2.05) is 37.3 Å². The maximum Gasteiger partial charge on any atom is 0.243 e. The largest absolute Gasteiger partial charge is 0.378 e. The lowest BCUT2D eigenvalue weighted by Crippen LogP contribution is -2.44. The molecule has 3 aromatic rings. The van der Waals surface area contributed by atoms with Gasteiger partial charge in [0.1, 0.15) is 17.1 Å². The van der Waals surface area contributed by atoms with E-state index in [0.717, 1.165) is 53.7 Å². The van der Waals surface area contributed by atoms with Crippen LogP contribution < -0.4 is 15.1 Å². The van der Waals surface area contributed by atoms with Crippen molar-refractivity contribution in [3.63, 3.8) is 0 Å². The van der Waals surface area contributed by atoms with Crippen molar-refractivity contribution in [1.82, 2.24) is 20.3 Å². The van der Waals surface area contributed by atoms with Crippen LogP contribution in [0.25, 0.3) is 10.3 Å². The molecule has 2 fully saturated rings. The summed E-state index contributed by atoms with van der Waals surface area (Å²) < 4.78 is 6.45. The number of morpholine rings is 1. The second-order valence-corrected chi connectivity index (χ2v) is 8.92. The van der Waals surface area contributed by atoms with Crippen LogP contribution in [0, 0.1) is 0 Å². The van der Waals surface area contributed by atoms with Crippen LogP contribution in [-0.2, 0) is 9.53 Å². The van der Waals surface area contributed by atoms with Gasteiger partial charge in [-0.15, -0.1) is 0 Å². The van der Waals surface area contributed by atoms with Crippen molar-refractivity contribution in [2.24, 2.45) is 0 Å². The average Bonchev–Trinajstić information content (AvgIpc) is 3.47. The molecule has 2 atom stereocenters. The molecule has 0 unspecified atom stereocenters. The van der Waals surface area contributed by atoms with Gasteiger partial charge in [0.05, 0.1) is 19.3 Å². The molecule has 1 amide bonds. The Kier molecular flexibility index (Phi) is 5.69. The maximum atomic E-state index is 13.1. The molecule has 2 saturated heterocycles. The lowest BCUT2D eigenvalue weighted by molar-refractivity contribution is -0.122. The van der Waals surface area contributed by atoms with Crippen LogP contribution in [-0.4, -0.2) is 59.7 Å². The second-order valence-electron chi connectivity index (χ2n) is 7.94. The third-order valence-electron chi connectivity index (χ3n) is 5.93. The summed E-state index contributed by atoms with van der Waals surface area (Å²) in [6.07, 6.45) is 3.37. The molecule has 5 rings (SSSR count). The van der Waals surface area contributed by atoms with Crippen LogP contribution in [0.1, 0.15) is 31.4 Å². The number of anilines is 2. The number of carbonyl (C=O) groups is 1. The maximum absolute atomic E-state index is 13.1. The van der Waals surface area contributed by atoms with Gasteiger partial charge in [-0.05, 0) is 25.3 Å². The van der Waals surface area contributed by atoms with E-state index in [2.05, 4.69) is 25.1 Å². The number of aromatic nitrogens is 3. The number of hydrogen-bond donors (Lipinski definition) is 1. The van der Waals surface area contributed by atoms with Crippen LogP contribution >= 0.6 is 11.3 Å². The highest BCUT2D eigenvalue weighted by molar-refractivity contribution is 7.22. The Labute approximate surface area is 185 Å². The van der Waals surface area contributed by atoms with Crippen LogP contribution in [0.2, 0.25) is 0 Å². The normalized spacial score (nSPS) is 20.2. The Balaban J connectivity index is 1.37. The molecule has 0 bridgehead atoms. The number of thiazole rings is 1. The van der Waals surface area contributed by atoms with Gasteiger partial charge in [0.2, 0.25) is 5.91 Å². The molecule has 2 aromatic heterocycles. The molecule has 31 heavy (non-hydrogen) atoms. The smallest absolute Gasteiger partial charge is 0.243 e. The summed E-state index contributed by atoms with van der Waals surface area (Å²) in [7, 11) is 0. The van der Waals surface area contributed by atoms with Gasteiger partial charge in [0.15, 0.2) is 16.6 Å². The van der Waals surface area contributed by atoms with Crippen molar-refractivity contribution >= 4 is 38.5 Å². The summed E-state index contributed by atoms with van der Waals surface area (Å²) in [5, 5.41) is 4.02. The number of ether oxygens (including phenoxy) is 1. The molecule has 162 valence electrons. The first-order chi connectivity index (χ1) is 15.2. The zero-order chi connectivity index (χ0) is 21.2. The number of carbonyl (C=O) groups excluding carboxylic acids is 1. The van der Waals surface area contributed by atoms with E-state index >= 15 is 0 Å². The number of benzene rings is 1. The zero-order valence-electron chi connectivity index (χ0n) is 17.5. The molecule has 0 aliphatic carbocycles. The van der Waals surface area contributed by atoms with Gasteiger partial charge >= 0.3 is 0 Å². The number of fused-ring (bicyclic) bond motifs is 1. The summed E-state index contributed by atoms with van der Waals surface area (Å²) in [6.45, 7) is 5.86. The number of rotatable bonds is 5. The summed E-state index contributed by atoms with van der Waals surface area (Å²) in [6, 6.07) is 9.80. The van der Waals surface area contributed by atoms with Gasteiger partial charge in [0.25, 0.3) is 0 Å². The third-order valence-corrected chi connectivity index (χ3v) is 7.01. The Morgan fingerprint density at radius 1 is 1.19 bits per heavy atom. The van der Waals surface area contributed by atoms with Crippen molar-refractivity contribution in [1.29, 1.82) is 0 Å². The molecule has 9 heteroatoms. The highest BCUT2D eigenvalue weighted by atomic mass is 32.1. The average molecular weight is 439 g/mol. The summed E-state index contributed by atoms with van der Waals surface area (Å²) in [5.41, 5.74) is 1.80. The van der Waals surface area contributed by atoms with E-state index < -0.39 is 0 Å². The Morgan fingerprint density at radius 3 is 2.81 bits per heavy atom. The number of hydrogen-bond acceptors (Lipinski definition) is 8. The summed E-state index contributed by atoms with van der Waals surface area (Å²) in [4.78, 5) is 31.2. The van der Waals surface area contributed by atoms with Crippen molar-refractivity contribution in [2.75, 3.05) is 42.6 Å². The highest BCUT2D eigenvalue weighted by Crippen LogP contribution is 2.36. The van der Waals surface area contributed by atoms with Gasteiger partial charge in [-0.1, -0.05) is 41.7 Å². The molecule has 2 aliphatic heterocycles. The van der Waals surface area contributed by atoms with Crippen LogP contribution in [0.3, 0.4) is 0 Å². The van der Waals surface area contributed by atoms with Gasteiger partial charge in [-0.3, -0.25) is 4.79 Å². The fourth-order valence-corrected chi connectivity index (χ4v) is 5.37. The first-order valence-electron chi connectivity index (χ1n) is 10.8. The summed E-state index contributed by atoms with van der Waals surface area (Å²) in [5.74, 6) is 0.961. The molecular formula is C22H26N6O2S. The Bertz CT molecular complexity index is 1050. The number of nitrogens with zero attached hydrogens (tertiary/aromatic N) is 5. The minimum atomic E-state index is -0.216. The SMILES string of the molecule is C[C@@H](NC(=O)[C@H]1CCCN1c1nc2ncnc(N3CCOCC3)c2s1)c1ccccc1. The first-order valence-corrected chi connectivity index (χ1v) is 11.6. The molecular weight excluding hydrogens is 412 g/mol. The van der Waals surface area contributed by atoms with Gasteiger partial charge in [0, 0.05) is 19.6 Å². The molecule has 4 heterocycles. The monoisotopic (exact) mass is 438 g/mol. The highest BCUT2D eigenvalue weighted by Gasteiger charge is 2.34. The van der Waals surface area contributed by atoms with Crippen LogP contribution in [0.4, 0.5) is 10.9 Å².